The van der Waals surface area contributed by atoms with E-state index in [0.29, 0.717) is 18.8 Å². The van der Waals surface area contributed by atoms with Gasteiger partial charge in [-0.1, -0.05) is 12.8 Å². The lowest BCUT2D eigenvalue weighted by atomic mass is 9.98. The van der Waals surface area contributed by atoms with Crippen LogP contribution < -0.4 is 0 Å². The fraction of sp³-hybridized carbons (Fsp3) is 0.714. The number of hydrogen-bond donors (Lipinski definition) is 1. The van der Waals surface area contributed by atoms with Crippen LogP contribution in [0, 0.1) is 6.92 Å². The highest BCUT2D eigenvalue weighted by atomic mass is 32.1. The Morgan fingerprint density at radius 1 is 1.32 bits per heavy atom. The van der Waals surface area contributed by atoms with Crippen LogP contribution in [0.1, 0.15) is 42.8 Å². The molecule has 1 aliphatic rings. The number of carbonyl (C=O) groups is 1. The Kier molecular flexibility index (Phi) is 5.11. The number of nitrogens with zero attached hydrogens (tertiary/aromatic N) is 2. The van der Waals surface area contributed by atoms with Gasteiger partial charge in [-0.2, -0.15) is 13.2 Å². The molecule has 1 atom stereocenters. The number of aromatic nitrogens is 1. The molecule has 1 N–H and O–H groups in total. The van der Waals surface area contributed by atoms with Crippen molar-refractivity contribution in [2.45, 2.75) is 50.8 Å². The second kappa shape index (κ2) is 6.54. The molecule has 0 unspecified atom stereocenters. The Hall–Kier alpha value is -1.15. The molecular weight excluding hydrogens is 317 g/mol. The third kappa shape index (κ3) is 3.60. The number of amides is 1. The summed E-state index contributed by atoms with van der Waals surface area (Å²) >= 11 is 0.724. The number of likely N-dealkylation sites (tertiary alicyclic amines) is 1. The van der Waals surface area contributed by atoms with Crippen molar-refractivity contribution < 1.29 is 23.1 Å². The Morgan fingerprint density at radius 3 is 2.36 bits per heavy atom. The van der Waals surface area contributed by atoms with Crippen molar-refractivity contribution in [2.75, 3.05) is 13.1 Å². The number of rotatable bonds is 3. The SMILES string of the molecule is Cc1csc([C@](O)(CC(=O)N2CCCCCC2)C(F)(F)F)n1. The van der Waals surface area contributed by atoms with Crippen LogP contribution in [0.5, 0.6) is 0 Å². The van der Waals surface area contributed by atoms with E-state index in [0.717, 1.165) is 37.0 Å². The molecule has 0 bridgehead atoms. The molecule has 0 aromatic carbocycles. The normalized spacial score (nSPS) is 19.6. The highest BCUT2D eigenvalue weighted by molar-refractivity contribution is 7.09. The monoisotopic (exact) mass is 336 g/mol. The van der Waals surface area contributed by atoms with E-state index in [2.05, 4.69) is 4.98 Å². The quantitative estimate of drug-likeness (QED) is 0.923. The van der Waals surface area contributed by atoms with Crippen LogP contribution in [0.25, 0.3) is 0 Å². The van der Waals surface area contributed by atoms with E-state index in [9.17, 15) is 23.1 Å². The van der Waals surface area contributed by atoms with Crippen molar-refractivity contribution in [2.24, 2.45) is 0 Å². The number of alkyl halides is 3. The van der Waals surface area contributed by atoms with Crippen LogP contribution >= 0.6 is 11.3 Å². The molecule has 0 spiro atoms. The Balaban J connectivity index is 2.21. The second-order valence-electron chi connectivity index (χ2n) is 5.62. The Bertz CT molecular complexity index is 524. The topological polar surface area (TPSA) is 53.4 Å². The minimum atomic E-state index is -4.95. The molecule has 2 heterocycles. The molecule has 1 aromatic rings. The van der Waals surface area contributed by atoms with E-state index in [1.54, 1.807) is 6.92 Å². The number of carbonyl (C=O) groups excluding carboxylic acids is 1. The molecule has 4 nitrogen and oxygen atoms in total. The van der Waals surface area contributed by atoms with Gasteiger partial charge in [0.25, 0.3) is 0 Å². The molecule has 22 heavy (non-hydrogen) atoms. The molecule has 1 aromatic heterocycles. The molecule has 1 amide bonds. The molecule has 0 radical (unpaired) electrons. The number of aliphatic hydroxyl groups is 1. The summed E-state index contributed by atoms with van der Waals surface area (Å²) in [5.74, 6) is -0.672. The summed E-state index contributed by atoms with van der Waals surface area (Å²) in [6.45, 7) is 2.45. The van der Waals surface area contributed by atoms with Crippen molar-refractivity contribution in [1.82, 2.24) is 9.88 Å². The van der Waals surface area contributed by atoms with Crippen molar-refractivity contribution in [3.05, 3.63) is 16.1 Å². The molecule has 124 valence electrons. The first kappa shape index (κ1) is 17.2. The van der Waals surface area contributed by atoms with Gasteiger partial charge in [-0.3, -0.25) is 4.79 Å². The smallest absolute Gasteiger partial charge is 0.374 e. The number of aryl methyl sites for hydroxylation is 1. The minimum absolute atomic E-state index is 0.393. The average Bonchev–Trinajstić information content (AvgIpc) is 2.71. The summed E-state index contributed by atoms with van der Waals surface area (Å²) in [5.41, 5.74) is -2.82. The second-order valence-corrected chi connectivity index (χ2v) is 6.48. The highest BCUT2D eigenvalue weighted by Gasteiger charge is 2.58. The van der Waals surface area contributed by atoms with Gasteiger partial charge < -0.3 is 10.0 Å². The highest BCUT2D eigenvalue weighted by Crippen LogP contribution is 2.43. The van der Waals surface area contributed by atoms with Crippen LogP contribution in [0.2, 0.25) is 0 Å². The summed E-state index contributed by atoms with van der Waals surface area (Å²) in [6, 6.07) is 0. The molecule has 1 saturated heterocycles. The van der Waals surface area contributed by atoms with E-state index < -0.39 is 29.1 Å². The Labute approximate surface area is 131 Å². The van der Waals surface area contributed by atoms with Gasteiger partial charge in [0.2, 0.25) is 11.5 Å². The third-order valence-corrected chi connectivity index (χ3v) is 4.92. The minimum Gasteiger partial charge on any atom is -0.374 e. The fourth-order valence-corrected chi connectivity index (χ4v) is 3.41. The van der Waals surface area contributed by atoms with E-state index in [1.165, 1.54) is 10.3 Å². The van der Waals surface area contributed by atoms with Gasteiger partial charge in [-0.15, -0.1) is 11.3 Å². The average molecular weight is 336 g/mol. The third-order valence-electron chi connectivity index (χ3n) is 3.81. The van der Waals surface area contributed by atoms with Crippen molar-refractivity contribution >= 4 is 17.2 Å². The van der Waals surface area contributed by atoms with Gasteiger partial charge in [0, 0.05) is 24.2 Å². The number of thiazole rings is 1. The molecular formula is C14H19F3N2O2S. The van der Waals surface area contributed by atoms with E-state index >= 15 is 0 Å². The van der Waals surface area contributed by atoms with E-state index in [4.69, 9.17) is 0 Å². The van der Waals surface area contributed by atoms with Gasteiger partial charge in [0.1, 0.15) is 5.01 Å². The Morgan fingerprint density at radius 2 is 1.91 bits per heavy atom. The predicted molar refractivity (Wildman–Crippen MR) is 76.5 cm³/mol. The first-order valence-corrected chi connectivity index (χ1v) is 8.11. The predicted octanol–water partition coefficient (Wildman–Crippen LogP) is 2.99. The van der Waals surface area contributed by atoms with Crippen LogP contribution in [-0.4, -0.2) is 40.2 Å². The zero-order valence-corrected chi connectivity index (χ0v) is 13.1. The van der Waals surface area contributed by atoms with Gasteiger partial charge >= 0.3 is 6.18 Å². The molecule has 0 aliphatic carbocycles. The molecule has 2 rings (SSSR count). The van der Waals surface area contributed by atoms with Crippen LogP contribution in [-0.2, 0) is 10.4 Å². The largest absolute Gasteiger partial charge is 0.424 e. The lowest BCUT2D eigenvalue weighted by Gasteiger charge is -2.30. The zero-order valence-electron chi connectivity index (χ0n) is 12.3. The fourth-order valence-electron chi connectivity index (χ4n) is 2.49. The van der Waals surface area contributed by atoms with Crippen LogP contribution in [0.3, 0.4) is 0 Å². The maximum Gasteiger partial charge on any atom is 0.424 e. The molecule has 8 heteroatoms. The molecule has 1 fully saturated rings. The van der Waals surface area contributed by atoms with Gasteiger partial charge in [0.05, 0.1) is 6.42 Å². The summed E-state index contributed by atoms with van der Waals surface area (Å²) in [5, 5.41) is 11.1. The maximum atomic E-state index is 13.4. The summed E-state index contributed by atoms with van der Waals surface area (Å²) in [6.07, 6.45) is -2.45. The van der Waals surface area contributed by atoms with Gasteiger partial charge in [-0.25, -0.2) is 4.98 Å². The van der Waals surface area contributed by atoms with Gasteiger partial charge in [0.15, 0.2) is 0 Å². The number of hydrogen-bond acceptors (Lipinski definition) is 4. The lowest BCUT2D eigenvalue weighted by molar-refractivity contribution is -0.268. The molecule has 0 saturated carbocycles. The first-order chi connectivity index (χ1) is 10.2. The van der Waals surface area contributed by atoms with Crippen LogP contribution in [0.4, 0.5) is 13.2 Å². The molecule has 1 aliphatic heterocycles. The van der Waals surface area contributed by atoms with Crippen molar-refractivity contribution in [3.63, 3.8) is 0 Å². The first-order valence-electron chi connectivity index (χ1n) is 7.23. The van der Waals surface area contributed by atoms with Gasteiger partial charge in [-0.05, 0) is 19.8 Å². The summed E-state index contributed by atoms with van der Waals surface area (Å²) < 4.78 is 40.1. The standard InChI is InChI=1S/C14H19F3N2O2S/c1-10-9-22-12(18-10)13(21,14(15,16)17)8-11(20)19-6-4-2-3-5-7-19/h9,21H,2-8H2,1H3/t13-/m1/s1. The van der Waals surface area contributed by atoms with E-state index in [-0.39, 0.29) is 0 Å². The van der Waals surface area contributed by atoms with Crippen molar-refractivity contribution in [3.8, 4) is 0 Å². The maximum absolute atomic E-state index is 13.4. The zero-order chi connectivity index (χ0) is 16.4. The van der Waals surface area contributed by atoms with E-state index in [1.807, 2.05) is 0 Å². The summed E-state index contributed by atoms with van der Waals surface area (Å²) in [7, 11) is 0. The van der Waals surface area contributed by atoms with Crippen molar-refractivity contribution in [1.29, 1.82) is 0 Å². The summed E-state index contributed by atoms with van der Waals surface area (Å²) in [4.78, 5) is 17.4. The number of halogens is 3. The van der Waals surface area contributed by atoms with Crippen LogP contribution in [0.15, 0.2) is 5.38 Å². The lowest BCUT2D eigenvalue weighted by Crippen LogP contribution is -2.47.